The predicted octanol–water partition coefficient (Wildman–Crippen LogP) is 5.75. The number of nitrogens with one attached hydrogen (secondary N) is 1. The van der Waals surface area contributed by atoms with Crippen molar-refractivity contribution in [3.63, 3.8) is 0 Å². The fourth-order valence-electron chi connectivity index (χ4n) is 13.3. The molecular weight excluding hydrogens is 634 g/mol. The van der Waals surface area contributed by atoms with Crippen LogP contribution in [0.2, 0.25) is 0 Å². The minimum absolute atomic E-state index is 0.00290. The fourth-order valence-corrected chi connectivity index (χ4v) is 13.3. The molecule has 0 bridgehead atoms. The van der Waals surface area contributed by atoms with Crippen LogP contribution in [0.3, 0.4) is 0 Å². The van der Waals surface area contributed by atoms with Crippen molar-refractivity contribution in [2.24, 2.45) is 44.8 Å². The van der Waals surface area contributed by atoms with Crippen LogP contribution in [0, 0.1) is 63.0 Å². The molecule has 0 amide bonds. The third kappa shape index (κ3) is 4.93. The van der Waals surface area contributed by atoms with Gasteiger partial charge in [0.1, 0.15) is 18.0 Å². The van der Waals surface area contributed by atoms with Crippen molar-refractivity contribution in [2.45, 2.75) is 144 Å². The van der Waals surface area contributed by atoms with Crippen LogP contribution in [0.15, 0.2) is 12.4 Å². The van der Waals surface area contributed by atoms with E-state index in [1.54, 1.807) is 26.0 Å². The summed E-state index contributed by atoms with van der Waals surface area (Å²) in [5.74, 6) is 2.92. The van der Waals surface area contributed by atoms with Crippen LogP contribution in [0.25, 0.3) is 0 Å². The summed E-state index contributed by atoms with van der Waals surface area (Å²) >= 11 is 0. The number of ether oxygens (including phenoxy) is 4. The topological polar surface area (TPSA) is 126 Å². The van der Waals surface area contributed by atoms with E-state index in [4.69, 9.17) is 18.9 Å². The van der Waals surface area contributed by atoms with E-state index < -0.39 is 29.2 Å². The van der Waals surface area contributed by atoms with Crippen molar-refractivity contribution < 1.29 is 34.0 Å². The molecule has 277 valence electrons. The Balaban J connectivity index is 1.01. The minimum atomic E-state index is -1.31. The molecule has 5 aliphatic carbocycles. The highest BCUT2D eigenvalue weighted by Crippen LogP contribution is 2.90. The second-order valence-corrected chi connectivity index (χ2v) is 18.8. The quantitative estimate of drug-likeness (QED) is 0.306. The van der Waals surface area contributed by atoms with E-state index in [0.717, 1.165) is 63.7 Å². The highest BCUT2D eigenvalue weighted by Gasteiger charge is 2.85. The molecule has 10 nitrogen and oxygen atoms in total. The zero-order valence-electron chi connectivity index (χ0n) is 31.5. The second kappa shape index (κ2) is 11.7. The average Bonchev–Trinajstić information content (AvgIpc) is 3.33. The zero-order valence-corrected chi connectivity index (χ0v) is 31.5. The number of aliphatic hydroxyl groups is 2. The number of imidazole rings is 1. The summed E-state index contributed by atoms with van der Waals surface area (Å²) in [5, 5.41) is 23.5. The number of H-pyrrole nitrogens is 1. The highest BCUT2D eigenvalue weighted by molar-refractivity contribution is 5.66. The third-order valence-electron chi connectivity index (χ3n) is 15.6. The molecule has 2 aliphatic heterocycles. The molecule has 8 rings (SSSR count). The van der Waals surface area contributed by atoms with Gasteiger partial charge in [-0.1, -0.05) is 34.6 Å². The van der Waals surface area contributed by atoms with Crippen molar-refractivity contribution in [1.29, 1.82) is 0 Å². The number of aromatic amines is 1. The number of fused-ring (bicyclic) bond motifs is 4. The Labute approximate surface area is 298 Å². The van der Waals surface area contributed by atoms with Crippen molar-refractivity contribution in [1.82, 2.24) is 14.9 Å². The van der Waals surface area contributed by atoms with Gasteiger partial charge >= 0.3 is 5.97 Å². The summed E-state index contributed by atoms with van der Waals surface area (Å²) in [5.41, 5.74) is -1.48. The summed E-state index contributed by atoms with van der Waals surface area (Å²) in [7, 11) is 0. The fraction of sp³-hybridized carbons (Fsp3) is 0.825. The van der Waals surface area contributed by atoms with E-state index in [2.05, 4.69) is 49.5 Å². The van der Waals surface area contributed by atoms with E-state index >= 15 is 0 Å². The molecule has 11 atom stereocenters. The maximum Gasteiger partial charge on any atom is 0.303 e. The second-order valence-electron chi connectivity index (χ2n) is 18.8. The molecule has 7 aliphatic rings. The lowest BCUT2D eigenvalue weighted by molar-refractivity contribution is -0.244. The summed E-state index contributed by atoms with van der Waals surface area (Å²) in [4.78, 5) is 22.1. The van der Waals surface area contributed by atoms with Gasteiger partial charge < -0.3 is 34.1 Å². The van der Waals surface area contributed by atoms with Gasteiger partial charge in [-0.3, -0.25) is 9.69 Å². The van der Waals surface area contributed by atoms with Crippen LogP contribution in [-0.4, -0.2) is 80.9 Å². The molecule has 10 heteroatoms. The number of nitrogens with zero attached hydrogens (tertiary/aromatic N) is 2. The first kappa shape index (κ1) is 35.5. The van der Waals surface area contributed by atoms with Crippen molar-refractivity contribution in [2.75, 3.05) is 19.7 Å². The smallest absolute Gasteiger partial charge is 0.303 e. The number of hydrogen-bond donors (Lipinski definition) is 3. The van der Waals surface area contributed by atoms with Crippen LogP contribution >= 0.6 is 0 Å². The third-order valence-corrected chi connectivity index (χ3v) is 15.6. The minimum Gasteiger partial charge on any atom is -0.456 e. The summed E-state index contributed by atoms with van der Waals surface area (Å²) in [6.07, 6.45) is 11.5. The van der Waals surface area contributed by atoms with E-state index in [1.165, 1.54) is 19.8 Å². The van der Waals surface area contributed by atoms with Crippen LogP contribution in [0.5, 0.6) is 0 Å². The molecule has 3 N–H and O–H groups in total. The number of carbonyl (C=O) groups is 1. The molecule has 1 aromatic rings. The molecule has 0 aromatic carbocycles. The molecule has 2 spiro atoms. The Morgan fingerprint density at radius 3 is 2.68 bits per heavy atom. The van der Waals surface area contributed by atoms with Crippen LogP contribution < -0.4 is 0 Å². The van der Waals surface area contributed by atoms with Gasteiger partial charge in [0.2, 0.25) is 0 Å². The molecular formula is C40H60N3O7. The van der Waals surface area contributed by atoms with Gasteiger partial charge in [0.15, 0.2) is 12.4 Å². The summed E-state index contributed by atoms with van der Waals surface area (Å²) in [6, 6.07) is 0. The van der Waals surface area contributed by atoms with Crippen molar-refractivity contribution >= 4 is 5.97 Å². The number of hydrogen-bond acceptors (Lipinski definition) is 9. The average molecular weight is 695 g/mol. The van der Waals surface area contributed by atoms with Gasteiger partial charge in [-0.25, -0.2) is 4.98 Å². The highest BCUT2D eigenvalue weighted by atomic mass is 16.7. The number of aromatic nitrogens is 2. The van der Waals surface area contributed by atoms with Crippen LogP contribution in [0.1, 0.15) is 113 Å². The van der Waals surface area contributed by atoms with Gasteiger partial charge in [-0.05, 0) is 105 Å². The lowest BCUT2D eigenvalue weighted by Gasteiger charge is -2.63. The van der Waals surface area contributed by atoms with Gasteiger partial charge in [0.25, 0.3) is 0 Å². The lowest BCUT2D eigenvalue weighted by atomic mass is 9.41. The molecule has 5 saturated carbocycles. The number of carbonyl (C=O) groups excluding carboxylic acids is 1. The summed E-state index contributed by atoms with van der Waals surface area (Å²) in [6.45, 7) is 19.6. The van der Waals surface area contributed by atoms with Crippen molar-refractivity contribution in [3.8, 4) is 0 Å². The largest absolute Gasteiger partial charge is 0.456 e. The Morgan fingerprint density at radius 2 is 1.98 bits per heavy atom. The molecule has 7 fully saturated rings. The SMILES string of the molecule is CC(=O)O[C@@H]([C]1C[C@@H](C)[C@H]2[C](O1)[C@H](O)[C@@]1(C)[C]3CC[C@H]4C(C)(C)C(O[C@H]5CN(Cc6ncc[nH]6)CCO5)CC[C@@]45C[C@@]35CC[C@]21C)C(C)(C)O. The van der Waals surface area contributed by atoms with E-state index in [0.29, 0.717) is 25.0 Å². The molecule has 3 heterocycles. The number of morpholine rings is 1. The maximum atomic E-state index is 12.5. The monoisotopic (exact) mass is 694 g/mol. The zero-order chi connectivity index (χ0) is 35.6. The van der Waals surface area contributed by atoms with E-state index in [9.17, 15) is 15.0 Å². The Hall–Kier alpha value is -1.56. The van der Waals surface area contributed by atoms with Gasteiger partial charge in [0.05, 0.1) is 37.5 Å². The Kier molecular flexibility index (Phi) is 8.31. The first-order chi connectivity index (χ1) is 23.5. The van der Waals surface area contributed by atoms with Crippen LogP contribution in [-0.2, 0) is 30.3 Å². The Bertz CT molecular complexity index is 1450. The molecule has 3 radical (unpaired) electrons. The van der Waals surface area contributed by atoms with E-state index in [1.807, 2.05) is 6.20 Å². The standard InChI is InChI=1S/C40H60N3O7/c1-23-19-25(34(36(5,6)46)48-24(2)44)49-32-31(23)37(7)13-14-40-22-39(40)12-11-28(35(3,4)26(39)9-10-27(40)38(37,8)33(32)45)50-30-21-43(17-18-47-30)20-29-41-15-16-42-29/h15-16,23,26,28,30-31,33-34,45-46H,9-14,17-22H2,1-8H3,(H,41,42)/t23-,26+,28?,30+,31+,33+,34+,37-,38-,39-,40+/m1/s1. The van der Waals surface area contributed by atoms with Gasteiger partial charge in [0, 0.05) is 37.2 Å². The van der Waals surface area contributed by atoms with E-state index in [-0.39, 0.29) is 45.9 Å². The van der Waals surface area contributed by atoms with Gasteiger partial charge in [-0.2, -0.15) is 0 Å². The predicted molar refractivity (Wildman–Crippen MR) is 185 cm³/mol. The number of esters is 1. The molecule has 1 aromatic heterocycles. The molecule has 2 saturated heterocycles. The van der Waals surface area contributed by atoms with Crippen LogP contribution in [0.4, 0.5) is 0 Å². The first-order valence-corrected chi connectivity index (χ1v) is 19.3. The summed E-state index contributed by atoms with van der Waals surface area (Å²) < 4.78 is 25.4. The van der Waals surface area contributed by atoms with Gasteiger partial charge in [-0.15, -0.1) is 0 Å². The number of aliphatic hydroxyl groups excluding tert-OH is 1. The first-order valence-electron chi connectivity index (χ1n) is 19.3. The molecule has 1 unspecified atom stereocenters. The number of rotatable bonds is 7. The Morgan fingerprint density at radius 1 is 1.20 bits per heavy atom. The lowest BCUT2D eigenvalue weighted by Crippen LogP contribution is -2.59. The molecule has 50 heavy (non-hydrogen) atoms. The normalized spacial score (nSPS) is 45.5. The van der Waals surface area contributed by atoms with Crippen molar-refractivity contribution in [3.05, 3.63) is 36.3 Å². The maximum absolute atomic E-state index is 12.5.